The summed E-state index contributed by atoms with van der Waals surface area (Å²) in [5.41, 5.74) is 0. The molecule has 0 aromatic heterocycles. The quantitative estimate of drug-likeness (QED) is 0.482. The molecule has 0 amide bonds. The fourth-order valence-electron chi connectivity index (χ4n) is 1.78. The van der Waals surface area contributed by atoms with Crippen molar-refractivity contribution in [3.8, 4) is 11.5 Å². The van der Waals surface area contributed by atoms with Gasteiger partial charge in [-0.1, -0.05) is 0 Å². The van der Waals surface area contributed by atoms with Gasteiger partial charge in [-0.05, 0) is 24.3 Å². The van der Waals surface area contributed by atoms with Crippen molar-refractivity contribution in [3.63, 3.8) is 0 Å². The van der Waals surface area contributed by atoms with E-state index >= 15 is 0 Å². The number of rotatable bonds is 4. The highest BCUT2D eigenvalue weighted by Crippen LogP contribution is 2.35. The SMILES string of the molecule is CS(=O)(=O)c1ccc(Oc2c(F)c(F)c(S(=O)(=O)O)c(F)c2F)cc1. The Balaban J connectivity index is 2.55. The lowest BCUT2D eigenvalue weighted by molar-refractivity contribution is 0.346. The summed E-state index contributed by atoms with van der Waals surface area (Å²) in [4.78, 5) is -2.35. The van der Waals surface area contributed by atoms with Crippen LogP contribution in [-0.4, -0.2) is 27.6 Å². The molecule has 0 fully saturated rings. The van der Waals surface area contributed by atoms with Crippen molar-refractivity contribution >= 4 is 20.0 Å². The minimum absolute atomic E-state index is 0.153. The van der Waals surface area contributed by atoms with E-state index in [0.717, 1.165) is 30.5 Å². The monoisotopic (exact) mass is 400 g/mol. The Morgan fingerprint density at radius 2 is 1.28 bits per heavy atom. The van der Waals surface area contributed by atoms with Gasteiger partial charge in [0.1, 0.15) is 5.75 Å². The average Bonchev–Trinajstić information content (AvgIpc) is 2.48. The van der Waals surface area contributed by atoms with Gasteiger partial charge < -0.3 is 4.74 Å². The zero-order valence-corrected chi connectivity index (χ0v) is 13.8. The topological polar surface area (TPSA) is 97.7 Å². The Bertz CT molecular complexity index is 1020. The van der Waals surface area contributed by atoms with Gasteiger partial charge in [0.15, 0.2) is 26.4 Å². The second-order valence-electron chi connectivity index (χ2n) is 4.73. The maximum absolute atomic E-state index is 13.8. The zero-order valence-electron chi connectivity index (χ0n) is 12.1. The highest BCUT2D eigenvalue weighted by molar-refractivity contribution is 7.90. The van der Waals surface area contributed by atoms with Crippen LogP contribution in [0.1, 0.15) is 0 Å². The lowest BCUT2D eigenvalue weighted by atomic mass is 10.2. The summed E-state index contributed by atoms with van der Waals surface area (Å²) in [6, 6.07) is 3.95. The molecule has 0 aliphatic carbocycles. The van der Waals surface area contributed by atoms with Crippen molar-refractivity contribution < 1.29 is 43.7 Å². The van der Waals surface area contributed by atoms with E-state index in [9.17, 15) is 34.4 Å². The molecule has 0 unspecified atom stereocenters. The summed E-state index contributed by atoms with van der Waals surface area (Å²) in [6.07, 6.45) is 0.904. The summed E-state index contributed by atoms with van der Waals surface area (Å²) in [5.74, 6) is -11.1. The predicted octanol–water partition coefficient (Wildman–Crippen LogP) is 2.69. The van der Waals surface area contributed by atoms with Crippen LogP contribution in [0.25, 0.3) is 0 Å². The van der Waals surface area contributed by atoms with Gasteiger partial charge in [0.25, 0.3) is 0 Å². The molecule has 2 aromatic carbocycles. The van der Waals surface area contributed by atoms with Gasteiger partial charge in [0, 0.05) is 6.26 Å². The standard InChI is InChI=1S/C13H8F4O6S2/c1-24(18,19)7-4-2-6(3-5-7)23-12-8(14)10(16)13(25(20,21)22)11(17)9(12)15/h2-5H,1H3,(H,20,21,22). The molecule has 0 saturated carbocycles. The van der Waals surface area contributed by atoms with Crippen LogP contribution in [0, 0.1) is 23.3 Å². The molecular weight excluding hydrogens is 392 g/mol. The fraction of sp³-hybridized carbons (Fsp3) is 0.0769. The molecule has 0 atom stereocenters. The van der Waals surface area contributed by atoms with Gasteiger partial charge in [-0.3, -0.25) is 4.55 Å². The molecule has 0 saturated heterocycles. The molecule has 25 heavy (non-hydrogen) atoms. The van der Waals surface area contributed by atoms with E-state index < -0.39 is 53.9 Å². The molecular formula is C13H8F4O6S2. The summed E-state index contributed by atoms with van der Waals surface area (Å²) in [7, 11) is -9.14. The molecule has 0 heterocycles. The molecule has 136 valence electrons. The summed E-state index contributed by atoms with van der Waals surface area (Å²) >= 11 is 0. The lowest BCUT2D eigenvalue weighted by Gasteiger charge is -2.11. The zero-order chi connectivity index (χ0) is 19.2. The molecule has 6 nitrogen and oxygen atoms in total. The third-order valence-corrected chi connectivity index (χ3v) is 4.92. The first-order valence-corrected chi connectivity index (χ1v) is 9.48. The van der Waals surface area contributed by atoms with Crippen LogP contribution >= 0.6 is 0 Å². The Morgan fingerprint density at radius 3 is 1.64 bits per heavy atom. The van der Waals surface area contributed by atoms with Crippen LogP contribution in [0.4, 0.5) is 17.6 Å². The first-order chi connectivity index (χ1) is 11.3. The van der Waals surface area contributed by atoms with Crippen LogP contribution in [0.3, 0.4) is 0 Å². The minimum atomic E-state index is -5.57. The summed E-state index contributed by atoms with van der Waals surface area (Å²) in [6.45, 7) is 0. The maximum atomic E-state index is 13.8. The highest BCUT2D eigenvalue weighted by Gasteiger charge is 2.33. The summed E-state index contributed by atoms with van der Waals surface area (Å²) < 4.78 is 112. The number of ether oxygens (including phenoxy) is 1. The van der Waals surface area contributed by atoms with Crippen molar-refractivity contribution in [2.45, 2.75) is 9.79 Å². The van der Waals surface area contributed by atoms with Gasteiger partial charge in [-0.25, -0.2) is 17.2 Å². The molecule has 2 rings (SSSR count). The van der Waals surface area contributed by atoms with Crippen molar-refractivity contribution in [2.75, 3.05) is 6.26 Å². The predicted molar refractivity (Wildman–Crippen MR) is 75.7 cm³/mol. The Kier molecular flexibility index (Phi) is 4.81. The van der Waals surface area contributed by atoms with Gasteiger partial charge in [0.2, 0.25) is 17.4 Å². The number of hydrogen-bond donors (Lipinski definition) is 1. The van der Waals surface area contributed by atoms with Gasteiger partial charge >= 0.3 is 10.1 Å². The number of sulfone groups is 1. The smallest absolute Gasteiger partial charge is 0.300 e. The third-order valence-electron chi connectivity index (χ3n) is 2.91. The van der Waals surface area contributed by atoms with Gasteiger partial charge in [0.05, 0.1) is 4.90 Å². The molecule has 0 spiro atoms. The first-order valence-electron chi connectivity index (χ1n) is 6.15. The number of hydrogen-bond acceptors (Lipinski definition) is 5. The largest absolute Gasteiger partial charge is 0.451 e. The van der Waals surface area contributed by atoms with E-state index in [-0.39, 0.29) is 10.6 Å². The lowest BCUT2D eigenvalue weighted by Crippen LogP contribution is -2.11. The maximum Gasteiger partial charge on any atom is 0.300 e. The normalized spacial score (nSPS) is 12.2. The minimum Gasteiger partial charge on any atom is -0.451 e. The van der Waals surface area contributed by atoms with E-state index in [1.54, 1.807) is 0 Å². The van der Waals surface area contributed by atoms with E-state index in [0.29, 0.717) is 0 Å². The molecule has 0 radical (unpaired) electrons. The first kappa shape index (κ1) is 19.1. The van der Waals surface area contributed by atoms with E-state index in [2.05, 4.69) is 4.74 Å². The number of halogens is 4. The van der Waals surface area contributed by atoms with Crippen LogP contribution in [-0.2, 0) is 20.0 Å². The molecule has 0 aliphatic rings. The third kappa shape index (κ3) is 3.75. The Hall–Kier alpha value is -2.18. The van der Waals surface area contributed by atoms with Crippen molar-refractivity contribution in [3.05, 3.63) is 47.5 Å². The fourth-order valence-corrected chi connectivity index (χ4v) is 3.04. The van der Waals surface area contributed by atoms with Crippen LogP contribution in [0.2, 0.25) is 0 Å². The van der Waals surface area contributed by atoms with Gasteiger partial charge in [-0.2, -0.15) is 17.2 Å². The van der Waals surface area contributed by atoms with Crippen molar-refractivity contribution in [1.29, 1.82) is 0 Å². The molecule has 0 bridgehead atoms. The van der Waals surface area contributed by atoms with E-state index in [1.807, 2.05) is 0 Å². The van der Waals surface area contributed by atoms with Crippen LogP contribution in [0.15, 0.2) is 34.1 Å². The van der Waals surface area contributed by atoms with Crippen LogP contribution < -0.4 is 4.74 Å². The molecule has 2 aromatic rings. The molecule has 0 aliphatic heterocycles. The second-order valence-corrected chi connectivity index (χ2v) is 8.11. The Labute approximate surface area is 139 Å². The van der Waals surface area contributed by atoms with Crippen molar-refractivity contribution in [1.82, 2.24) is 0 Å². The average molecular weight is 400 g/mol. The van der Waals surface area contributed by atoms with Crippen molar-refractivity contribution in [2.24, 2.45) is 0 Å². The van der Waals surface area contributed by atoms with Gasteiger partial charge in [-0.15, -0.1) is 0 Å². The molecule has 12 heteroatoms. The van der Waals surface area contributed by atoms with E-state index in [1.165, 1.54) is 0 Å². The number of benzene rings is 2. The van der Waals surface area contributed by atoms with Crippen LogP contribution in [0.5, 0.6) is 11.5 Å². The highest BCUT2D eigenvalue weighted by atomic mass is 32.2. The molecule has 1 N–H and O–H groups in total. The van der Waals surface area contributed by atoms with E-state index in [4.69, 9.17) is 4.55 Å². The second kappa shape index (κ2) is 6.28. The summed E-state index contributed by atoms with van der Waals surface area (Å²) in [5, 5.41) is 0. The Morgan fingerprint density at radius 1 is 0.840 bits per heavy atom.